The summed E-state index contributed by atoms with van der Waals surface area (Å²) in [7, 11) is 0. The molecule has 0 radical (unpaired) electrons. The summed E-state index contributed by atoms with van der Waals surface area (Å²) in [5.74, 6) is -0.372. The van der Waals surface area contributed by atoms with Crippen molar-refractivity contribution in [3.63, 3.8) is 0 Å². The van der Waals surface area contributed by atoms with E-state index in [9.17, 15) is 9.90 Å². The molecule has 0 aliphatic carbocycles. The molecule has 0 saturated carbocycles. The number of aromatic hydroxyl groups is 1. The molecule has 0 aliphatic rings. The molecule has 0 unspecified atom stereocenters. The van der Waals surface area contributed by atoms with Crippen LogP contribution in [0.25, 0.3) is 0 Å². The largest absolute Gasteiger partial charge is 0.506 e. The van der Waals surface area contributed by atoms with Crippen LogP contribution in [0.2, 0.25) is 10.0 Å². The van der Waals surface area contributed by atoms with Gasteiger partial charge in [-0.25, -0.2) is 5.43 Å². The third-order valence-corrected chi connectivity index (χ3v) is 3.75. The number of thiophene rings is 1. The first-order chi connectivity index (χ1) is 9.56. The lowest BCUT2D eigenvalue weighted by Gasteiger charge is -2.02. The van der Waals surface area contributed by atoms with E-state index in [4.69, 9.17) is 23.2 Å². The fourth-order valence-corrected chi connectivity index (χ4v) is 2.68. The van der Waals surface area contributed by atoms with E-state index in [1.54, 1.807) is 0 Å². The zero-order valence-corrected chi connectivity index (χ0v) is 12.5. The van der Waals surface area contributed by atoms with E-state index >= 15 is 0 Å². The maximum absolute atomic E-state index is 11.6. The van der Waals surface area contributed by atoms with Gasteiger partial charge in [0, 0.05) is 15.5 Å². The maximum Gasteiger partial charge on any atom is 0.245 e. The lowest BCUT2D eigenvalue weighted by atomic mass is 10.2. The quantitative estimate of drug-likeness (QED) is 0.667. The standard InChI is InChI=1S/C13H10Cl2N2O2S/c14-9-4-8(13(19)11(15)5-9)7-16-17-12(18)6-10-2-1-3-20-10/h1-5,7,19H,6H2,(H,17,18)/b16-7+. The molecule has 1 aromatic carbocycles. The highest BCUT2D eigenvalue weighted by Crippen LogP contribution is 2.29. The van der Waals surface area contributed by atoms with Gasteiger partial charge in [-0.05, 0) is 23.6 Å². The number of amides is 1. The van der Waals surface area contributed by atoms with Crippen molar-refractivity contribution >= 4 is 46.7 Å². The fourth-order valence-electron chi connectivity index (χ4n) is 1.47. The third kappa shape index (κ3) is 3.96. The Morgan fingerprint density at radius 2 is 2.25 bits per heavy atom. The van der Waals surface area contributed by atoms with Gasteiger partial charge in [0.1, 0.15) is 5.75 Å². The first-order valence-corrected chi connectivity index (χ1v) is 7.22. The first kappa shape index (κ1) is 14.8. The Morgan fingerprint density at radius 1 is 1.45 bits per heavy atom. The molecule has 0 saturated heterocycles. The van der Waals surface area contributed by atoms with Crippen LogP contribution in [-0.4, -0.2) is 17.2 Å². The molecular weight excluding hydrogens is 319 g/mol. The van der Waals surface area contributed by atoms with E-state index in [0.717, 1.165) is 4.88 Å². The minimum atomic E-state index is -0.240. The van der Waals surface area contributed by atoms with Crippen molar-refractivity contribution in [2.24, 2.45) is 5.10 Å². The highest BCUT2D eigenvalue weighted by Gasteiger charge is 2.06. The topological polar surface area (TPSA) is 61.7 Å². The molecular formula is C13H10Cl2N2O2S. The minimum absolute atomic E-state index is 0.129. The van der Waals surface area contributed by atoms with Crippen LogP contribution in [0.15, 0.2) is 34.7 Å². The number of hydrogen-bond acceptors (Lipinski definition) is 4. The van der Waals surface area contributed by atoms with E-state index in [-0.39, 0.29) is 23.1 Å². The molecule has 104 valence electrons. The zero-order chi connectivity index (χ0) is 14.5. The van der Waals surface area contributed by atoms with Gasteiger partial charge in [-0.1, -0.05) is 29.3 Å². The molecule has 0 spiro atoms. The Morgan fingerprint density at radius 3 is 2.95 bits per heavy atom. The second kappa shape index (κ2) is 6.74. The van der Waals surface area contributed by atoms with Crippen LogP contribution in [0, 0.1) is 0 Å². The highest BCUT2D eigenvalue weighted by molar-refractivity contribution is 7.10. The van der Waals surface area contributed by atoms with Crippen molar-refractivity contribution < 1.29 is 9.90 Å². The van der Waals surface area contributed by atoms with Crippen molar-refractivity contribution in [2.45, 2.75) is 6.42 Å². The molecule has 4 nitrogen and oxygen atoms in total. The lowest BCUT2D eigenvalue weighted by Crippen LogP contribution is -2.19. The van der Waals surface area contributed by atoms with Crippen molar-refractivity contribution in [3.8, 4) is 5.75 Å². The second-order valence-corrected chi connectivity index (χ2v) is 5.75. The molecule has 20 heavy (non-hydrogen) atoms. The number of hydrogen-bond donors (Lipinski definition) is 2. The van der Waals surface area contributed by atoms with Gasteiger partial charge in [-0.2, -0.15) is 5.10 Å². The van der Waals surface area contributed by atoms with E-state index < -0.39 is 0 Å². The van der Waals surface area contributed by atoms with E-state index in [2.05, 4.69) is 10.5 Å². The summed E-state index contributed by atoms with van der Waals surface area (Å²) in [5.41, 5.74) is 2.71. The SMILES string of the molecule is O=C(Cc1cccs1)N/N=C/c1cc(Cl)cc(Cl)c1O. The predicted molar refractivity (Wildman–Crippen MR) is 81.9 cm³/mol. The molecule has 2 N–H and O–H groups in total. The number of hydrazone groups is 1. The average molecular weight is 329 g/mol. The highest BCUT2D eigenvalue weighted by atomic mass is 35.5. The number of phenols is 1. The molecule has 0 atom stereocenters. The second-order valence-electron chi connectivity index (χ2n) is 3.87. The van der Waals surface area contributed by atoms with Crippen LogP contribution in [-0.2, 0) is 11.2 Å². The summed E-state index contributed by atoms with van der Waals surface area (Å²) >= 11 is 13.1. The number of phenolic OH excluding ortho intramolecular Hbond substituents is 1. The van der Waals surface area contributed by atoms with Crippen molar-refractivity contribution in [3.05, 3.63) is 50.1 Å². The predicted octanol–water partition coefficient (Wildman–Crippen LogP) is 3.45. The lowest BCUT2D eigenvalue weighted by molar-refractivity contribution is -0.120. The zero-order valence-electron chi connectivity index (χ0n) is 10.1. The summed E-state index contributed by atoms with van der Waals surface area (Å²) in [4.78, 5) is 12.5. The molecule has 1 aromatic heterocycles. The molecule has 2 aromatic rings. The number of carbonyl (C=O) groups excluding carboxylic acids is 1. The summed E-state index contributed by atoms with van der Waals surface area (Å²) in [6.45, 7) is 0. The van der Waals surface area contributed by atoms with Gasteiger partial charge in [0.25, 0.3) is 0 Å². The van der Waals surface area contributed by atoms with Gasteiger partial charge < -0.3 is 5.11 Å². The normalized spacial score (nSPS) is 10.9. The van der Waals surface area contributed by atoms with Crippen LogP contribution in [0.4, 0.5) is 0 Å². The van der Waals surface area contributed by atoms with Gasteiger partial charge >= 0.3 is 0 Å². The first-order valence-electron chi connectivity index (χ1n) is 5.58. The van der Waals surface area contributed by atoms with Crippen LogP contribution in [0.5, 0.6) is 5.75 Å². The molecule has 2 rings (SSSR count). The van der Waals surface area contributed by atoms with Crippen LogP contribution >= 0.6 is 34.5 Å². The molecule has 1 heterocycles. The number of rotatable bonds is 4. The number of halogens is 2. The van der Waals surface area contributed by atoms with Gasteiger partial charge in [0.2, 0.25) is 5.91 Å². The maximum atomic E-state index is 11.6. The molecule has 0 bridgehead atoms. The van der Waals surface area contributed by atoms with Crippen molar-refractivity contribution in [1.82, 2.24) is 5.43 Å². The molecule has 0 fully saturated rings. The van der Waals surface area contributed by atoms with Crippen LogP contribution in [0.1, 0.15) is 10.4 Å². The Hall–Kier alpha value is -1.56. The minimum Gasteiger partial charge on any atom is -0.506 e. The Labute approximate surface area is 129 Å². The number of benzene rings is 1. The Kier molecular flexibility index (Phi) is 5.00. The smallest absolute Gasteiger partial charge is 0.245 e. The number of nitrogens with zero attached hydrogens (tertiary/aromatic N) is 1. The summed E-state index contributed by atoms with van der Waals surface area (Å²) in [6, 6.07) is 6.67. The van der Waals surface area contributed by atoms with E-state index in [1.165, 1.54) is 29.7 Å². The molecule has 1 amide bonds. The fraction of sp³-hybridized carbons (Fsp3) is 0.0769. The monoisotopic (exact) mass is 328 g/mol. The molecule has 7 heteroatoms. The summed E-state index contributed by atoms with van der Waals surface area (Å²) in [6.07, 6.45) is 1.55. The van der Waals surface area contributed by atoms with Gasteiger partial charge in [0.15, 0.2) is 0 Å². The van der Waals surface area contributed by atoms with Crippen LogP contribution < -0.4 is 5.43 Å². The number of nitrogens with one attached hydrogen (secondary N) is 1. The van der Waals surface area contributed by atoms with Gasteiger partial charge in [0.05, 0.1) is 17.7 Å². The summed E-state index contributed by atoms with van der Waals surface area (Å²) < 4.78 is 0. The molecule has 0 aliphatic heterocycles. The summed E-state index contributed by atoms with van der Waals surface area (Å²) in [5, 5.41) is 15.9. The van der Waals surface area contributed by atoms with Gasteiger partial charge in [-0.15, -0.1) is 11.3 Å². The van der Waals surface area contributed by atoms with Crippen molar-refractivity contribution in [2.75, 3.05) is 0 Å². The Balaban J connectivity index is 1.98. The van der Waals surface area contributed by atoms with E-state index in [1.807, 2.05) is 17.5 Å². The average Bonchev–Trinajstić information content (AvgIpc) is 2.87. The van der Waals surface area contributed by atoms with Crippen molar-refractivity contribution in [1.29, 1.82) is 0 Å². The van der Waals surface area contributed by atoms with E-state index in [0.29, 0.717) is 10.6 Å². The van der Waals surface area contributed by atoms with Gasteiger partial charge in [-0.3, -0.25) is 4.79 Å². The van der Waals surface area contributed by atoms with Crippen LogP contribution in [0.3, 0.4) is 0 Å². The Bertz CT molecular complexity index is 642. The number of carbonyl (C=O) groups is 1. The third-order valence-electron chi connectivity index (χ3n) is 2.37.